The van der Waals surface area contributed by atoms with Crippen molar-refractivity contribution in [2.75, 3.05) is 13.2 Å². The van der Waals surface area contributed by atoms with Gasteiger partial charge in [-0.25, -0.2) is 0 Å². The summed E-state index contributed by atoms with van der Waals surface area (Å²) >= 11 is 0. The SMILES string of the molecule is CCNC(CC1OCCc2ccccc21)C1CCC1. The molecule has 2 heteroatoms. The van der Waals surface area contributed by atoms with Crippen LogP contribution < -0.4 is 5.32 Å². The van der Waals surface area contributed by atoms with Gasteiger partial charge < -0.3 is 10.1 Å². The van der Waals surface area contributed by atoms with Crippen LogP contribution in [0.5, 0.6) is 0 Å². The van der Waals surface area contributed by atoms with E-state index in [1.54, 1.807) is 0 Å². The average molecular weight is 259 g/mol. The fraction of sp³-hybridized carbons (Fsp3) is 0.647. The fourth-order valence-electron chi connectivity index (χ4n) is 3.45. The Balaban J connectivity index is 1.71. The molecule has 1 saturated carbocycles. The molecule has 2 unspecified atom stereocenters. The predicted octanol–water partition coefficient (Wildman–Crippen LogP) is 3.47. The van der Waals surface area contributed by atoms with Crippen molar-refractivity contribution >= 4 is 0 Å². The Kier molecular flexibility index (Phi) is 4.19. The summed E-state index contributed by atoms with van der Waals surface area (Å²) in [6, 6.07) is 9.44. The van der Waals surface area contributed by atoms with E-state index in [4.69, 9.17) is 4.74 Å². The number of ether oxygens (including phenoxy) is 1. The highest BCUT2D eigenvalue weighted by Gasteiger charge is 2.31. The van der Waals surface area contributed by atoms with Crippen LogP contribution in [-0.2, 0) is 11.2 Å². The molecule has 1 fully saturated rings. The van der Waals surface area contributed by atoms with Crippen LogP contribution in [0.25, 0.3) is 0 Å². The Bertz CT molecular complexity index is 413. The third kappa shape index (κ3) is 2.85. The largest absolute Gasteiger partial charge is 0.373 e. The Morgan fingerprint density at radius 2 is 2.16 bits per heavy atom. The second-order valence-corrected chi connectivity index (χ2v) is 5.90. The average Bonchev–Trinajstić information content (AvgIpc) is 2.37. The summed E-state index contributed by atoms with van der Waals surface area (Å²) in [5.41, 5.74) is 2.92. The van der Waals surface area contributed by atoms with Crippen molar-refractivity contribution < 1.29 is 4.74 Å². The number of benzene rings is 1. The maximum Gasteiger partial charge on any atom is 0.0842 e. The van der Waals surface area contributed by atoms with Crippen LogP contribution in [0.3, 0.4) is 0 Å². The molecular weight excluding hydrogens is 234 g/mol. The Morgan fingerprint density at radius 3 is 2.89 bits per heavy atom. The van der Waals surface area contributed by atoms with Gasteiger partial charge in [0.25, 0.3) is 0 Å². The van der Waals surface area contributed by atoms with Crippen LogP contribution in [-0.4, -0.2) is 19.2 Å². The number of nitrogens with one attached hydrogen (secondary N) is 1. The van der Waals surface area contributed by atoms with E-state index in [2.05, 4.69) is 36.5 Å². The van der Waals surface area contributed by atoms with Crippen molar-refractivity contribution in [1.82, 2.24) is 5.32 Å². The topological polar surface area (TPSA) is 21.3 Å². The third-order valence-corrected chi connectivity index (χ3v) is 4.75. The lowest BCUT2D eigenvalue weighted by molar-refractivity contribution is 0.0198. The lowest BCUT2D eigenvalue weighted by atomic mass is 9.77. The highest BCUT2D eigenvalue weighted by Crippen LogP contribution is 2.36. The lowest BCUT2D eigenvalue weighted by Crippen LogP contribution is -2.41. The van der Waals surface area contributed by atoms with Crippen molar-refractivity contribution in [2.45, 2.75) is 51.2 Å². The minimum absolute atomic E-state index is 0.301. The zero-order chi connectivity index (χ0) is 13.1. The van der Waals surface area contributed by atoms with Crippen molar-refractivity contribution in [3.8, 4) is 0 Å². The minimum Gasteiger partial charge on any atom is -0.373 e. The van der Waals surface area contributed by atoms with E-state index >= 15 is 0 Å². The molecule has 104 valence electrons. The normalized spacial score (nSPS) is 24.6. The van der Waals surface area contributed by atoms with Gasteiger partial charge in [-0.15, -0.1) is 0 Å². The molecule has 1 aromatic carbocycles. The van der Waals surface area contributed by atoms with Crippen LogP contribution >= 0.6 is 0 Å². The van der Waals surface area contributed by atoms with Crippen LogP contribution in [0.1, 0.15) is 49.8 Å². The van der Waals surface area contributed by atoms with E-state index in [9.17, 15) is 0 Å². The van der Waals surface area contributed by atoms with Gasteiger partial charge in [0.15, 0.2) is 0 Å². The quantitative estimate of drug-likeness (QED) is 0.874. The molecule has 1 N–H and O–H groups in total. The first-order valence-corrected chi connectivity index (χ1v) is 7.81. The van der Waals surface area contributed by atoms with E-state index in [1.165, 1.54) is 30.4 Å². The van der Waals surface area contributed by atoms with Gasteiger partial charge in [-0.05, 0) is 49.3 Å². The molecule has 0 amide bonds. The third-order valence-electron chi connectivity index (χ3n) is 4.75. The standard InChI is InChI=1S/C17H25NO/c1-2-18-16(14-7-5-8-14)12-17-15-9-4-3-6-13(15)10-11-19-17/h3-4,6,9,14,16-18H,2,5,7-8,10-12H2,1H3. The molecular formula is C17H25NO. The van der Waals surface area contributed by atoms with Crippen molar-refractivity contribution in [2.24, 2.45) is 5.92 Å². The summed E-state index contributed by atoms with van der Waals surface area (Å²) in [6.45, 7) is 4.15. The Labute approximate surface area is 116 Å². The minimum atomic E-state index is 0.301. The van der Waals surface area contributed by atoms with E-state index in [0.717, 1.165) is 31.9 Å². The van der Waals surface area contributed by atoms with Gasteiger partial charge in [0.1, 0.15) is 0 Å². The molecule has 0 radical (unpaired) electrons. The van der Waals surface area contributed by atoms with Crippen LogP contribution in [0.15, 0.2) is 24.3 Å². The number of hydrogen-bond acceptors (Lipinski definition) is 2. The maximum atomic E-state index is 6.06. The van der Waals surface area contributed by atoms with Gasteiger partial charge >= 0.3 is 0 Å². The van der Waals surface area contributed by atoms with Gasteiger partial charge in [0, 0.05) is 6.04 Å². The molecule has 3 rings (SSSR count). The van der Waals surface area contributed by atoms with Crippen molar-refractivity contribution in [3.05, 3.63) is 35.4 Å². The van der Waals surface area contributed by atoms with E-state index in [-0.39, 0.29) is 0 Å². The first-order valence-electron chi connectivity index (χ1n) is 7.81. The van der Waals surface area contributed by atoms with E-state index in [1.807, 2.05) is 0 Å². The molecule has 0 bridgehead atoms. The first kappa shape index (κ1) is 13.1. The number of rotatable bonds is 5. The number of fused-ring (bicyclic) bond motifs is 1. The van der Waals surface area contributed by atoms with Gasteiger partial charge in [-0.1, -0.05) is 37.6 Å². The smallest absolute Gasteiger partial charge is 0.0842 e. The van der Waals surface area contributed by atoms with Gasteiger partial charge in [-0.2, -0.15) is 0 Å². The highest BCUT2D eigenvalue weighted by molar-refractivity contribution is 5.31. The van der Waals surface area contributed by atoms with Crippen molar-refractivity contribution in [3.63, 3.8) is 0 Å². The molecule has 2 nitrogen and oxygen atoms in total. The lowest BCUT2D eigenvalue weighted by Gasteiger charge is -2.37. The summed E-state index contributed by atoms with van der Waals surface area (Å²) in [7, 11) is 0. The van der Waals surface area contributed by atoms with Gasteiger partial charge in [0.05, 0.1) is 12.7 Å². The van der Waals surface area contributed by atoms with Crippen LogP contribution in [0, 0.1) is 5.92 Å². The zero-order valence-corrected chi connectivity index (χ0v) is 11.9. The van der Waals surface area contributed by atoms with Gasteiger partial charge in [-0.3, -0.25) is 0 Å². The fourth-order valence-corrected chi connectivity index (χ4v) is 3.45. The summed E-state index contributed by atoms with van der Waals surface area (Å²) in [6.07, 6.45) is 6.71. The van der Waals surface area contributed by atoms with Crippen LogP contribution in [0.4, 0.5) is 0 Å². The monoisotopic (exact) mass is 259 g/mol. The second-order valence-electron chi connectivity index (χ2n) is 5.90. The highest BCUT2D eigenvalue weighted by atomic mass is 16.5. The van der Waals surface area contributed by atoms with Gasteiger partial charge in [0.2, 0.25) is 0 Å². The Morgan fingerprint density at radius 1 is 1.32 bits per heavy atom. The molecule has 1 heterocycles. The molecule has 2 aliphatic rings. The molecule has 2 atom stereocenters. The summed E-state index contributed by atoms with van der Waals surface area (Å²) in [4.78, 5) is 0. The molecule has 0 aromatic heterocycles. The second kappa shape index (κ2) is 6.06. The van der Waals surface area contributed by atoms with Crippen molar-refractivity contribution in [1.29, 1.82) is 0 Å². The van der Waals surface area contributed by atoms with Crippen LogP contribution in [0.2, 0.25) is 0 Å². The predicted molar refractivity (Wildman–Crippen MR) is 78.3 cm³/mol. The Hall–Kier alpha value is -0.860. The number of hydrogen-bond donors (Lipinski definition) is 1. The zero-order valence-electron chi connectivity index (χ0n) is 11.9. The molecule has 0 spiro atoms. The molecule has 1 aliphatic carbocycles. The summed E-state index contributed by atoms with van der Waals surface area (Å²) in [5, 5.41) is 3.68. The molecule has 1 aliphatic heterocycles. The summed E-state index contributed by atoms with van der Waals surface area (Å²) in [5.74, 6) is 0.873. The molecule has 1 aromatic rings. The first-order chi connectivity index (χ1) is 9.38. The van der Waals surface area contributed by atoms with E-state index in [0.29, 0.717) is 12.1 Å². The summed E-state index contributed by atoms with van der Waals surface area (Å²) < 4.78 is 6.06. The molecule has 0 saturated heterocycles. The van der Waals surface area contributed by atoms with E-state index < -0.39 is 0 Å². The molecule has 19 heavy (non-hydrogen) atoms. The maximum absolute atomic E-state index is 6.06.